The van der Waals surface area contributed by atoms with E-state index in [9.17, 15) is 4.79 Å². The molecule has 4 rings (SSSR count). The summed E-state index contributed by atoms with van der Waals surface area (Å²) < 4.78 is 13.8. The van der Waals surface area contributed by atoms with E-state index in [0.717, 1.165) is 44.0 Å². The first-order chi connectivity index (χ1) is 14.5. The van der Waals surface area contributed by atoms with Gasteiger partial charge in [-0.1, -0.05) is 26.0 Å². The normalized spacial score (nSPS) is 20.9. The van der Waals surface area contributed by atoms with Crippen LogP contribution in [0.3, 0.4) is 0 Å². The zero-order valence-corrected chi connectivity index (χ0v) is 18.1. The van der Waals surface area contributed by atoms with Crippen molar-refractivity contribution in [1.29, 1.82) is 0 Å². The van der Waals surface area contributed by atoms with Crippen LogP contribution in [-0.4, -0.2) is 53.2 Å². The summed E-state index contributed by atoms with van der Waals surface area (Å²) in [5.41, 5.74) is 0.779. The Kier molecular flexibility index (Phi) is 6.11. The minimum atomic E-state index is -0.488. The molecule has 1 spiro atoms. The molecule has 1 amide bonds. The number of nitrogens with zero attached hydrogens (tertiary/aromatic N) is 3. The predicted molar refractivity (Wildman–Crippen MR) is 114 cm³/mol. The third-order valence-electron chi connectivity index (χ3n) is 6.06. The Labute approximate surface area is 178 Å². The van der Waals surface area contributed by atoms with Crippen LogP contribution in [0.25, 0.3) is 0 Å². The summed E-state index contributed by atoms with van der Waals surface area (Å²) in [6.45, 7) is 8.08. The average Bonchev–Trinajstić information content (AvgIpc) is 3.24. The molecule has 0 unspecified atom stereocenters. The molecule has 2 aliphatic rings. The number of amides is 1. The average molecular weight is 413 g/mol. The van der Waals surface area contributed by atoms with Crippen molar-refractivity contribution >= 4 is 5.91 Å². The highest BCUT2D eigenvalue weighted by Crippen LogP contribution is 2.40. The first kappa shape index (κ1) is 20.9. The van der Waals surface area contributed by atoms with Gasteiger partial charge in [0, 0.05) is 38.6 Å². The second-order valence-corrected chi connectivity index (χ2v) is 8.77. The van der Waals surface area contributed by atoms with Gasteiger partial charge in [-0.2, -0.15) is 0 Å². The van der Waals surface area contributed by atoms with Crippen molar-refractivity contribution in [2.24, 2.45) is 5.92 Å². The minimum absolute atomic E-state index is 0.0249. The van der Waals surface area contributed by atoms with Crippen LogP contribution in [0.15, 0.2) is 36.7 Å². The van der Waals surface area contributed by atoms with Crippen molar-refractivity contribution in [3.05, 3.63) is 48.0 Å². The number of methoxy groups -OCH3 is 1. The molecule has 2 aromatic rings. The number of likely N-dealkylation sites (tertiary alicyclic amines) is 1. The van der Waals surface area contributed by atoms with Crippen molar-refractivity contribution in [3.8, 4) is 5.75 Å². The molecule has 1 aromatic carbocycles. The highest BCUT2D eigenvalue weighted by atomic mass is 16.5. The summed E-state index contributed by atoms with van der Waals surface area (Å²) in [6.07, 6.45) is 4.96. The van der Waals surface area contributed by atoms with Gasteiger partial charge in [0.1, 0.15) is 17.2 Å². The molecule has 0 saturated carbocycles. The lowest BCUT2D eigenvalue weighted by atomic mass is 9.88. The van der Waals surface area contributed by atoms with Crippen LogP contribution in [-0.2, 0) is 28.2 Å². The highest BCUT2D eigenvalue weighted by Gasteiger charge is 2.47. The highest BCUT2D eigenvalue weighted by molar-refractivity contribution is 5.80. The van der Waals surface area contributed by atoms with E-state index in [1.165, 1.54) is 5.56 Å². The van der Waals surface area contributed by atoms with Crippen LogP contribution < -0.4 is 10.1 Å². The zero-order chi connectivity index (χ0) is 21.1. The molecule has 7 heteroatoms. The van der Waals surface area contributed by atoms with Crippen LogP contribution in [0.4, 0.5) is 0 Å². The molecule has 1 saturated heterocycles. The van der Waals surface area contributed by atoms with Crippen molar-refractivity contribution in [2.75, 3.05) is 26.7 Å². The molecule has 0 aliphatic carbocycles. The molecule has 1 atom stereocenters. The van der Waals surface area contributed by atoms with Gasteiger partial charge >= 0.3 is 0 Å². The molecule has 1 aromatic heterocycles. The summed E-state index contributed by atoms with van der Waals surface area (Å²) in [7, 11) is 1.68. The van der Waals surface area contributed by atoms with Crippen LogP contribution >= 0.6 is 0 Å². The van der Waals surface area contributed by atoms with Crippen LogP contribution in [0.2, 0.25) is 0 Å². The Morgan fingerprint density at radius 1 is 1.30 bits per heavy atom. The van der Waals surface area contributed by atoms with Crippen LogP contribution in [0.1, 0.15) is 38.1 Å². The molecule has 2 aliphatic heterocycles. The first-order valence-corrected chi connectivity index (χ1v) is 10.8. The van der Waals surface area contributed by atoms with Gasteiger partial charge in [-0.15, -0.1) is 0 Å². The fourth-order valence-corrected chi connectivity index (χ4v) is 4.35. The topological polar surface area (TPSA) is 68.6 Å². The summed E-state index contributed by atoms with van der Waals surface area (Å²) in [6, 6.07) is 8.23. The number of benzene rings is 1. The van der Waals surface area contributed by atoms with E-state index in [1.54, 1.807) is 7.11 Å². The summed E-state index contributed by atoms with van der Waals surface area (Å²) in [4.78, 5) is 19.8. The van der Waals surface area contributed by atoms with Crippen molar-refractivity contribution in [3.63, 3.8) is 0 Å². The van der Waals surface area contributed by atoms with Crippen LogP contribution in [0.5, 0.6) is 5.75 Å². The van der Waals surface area contributed by atoms with Gasteiger partial charge in [0.05, 0.1) is 13.7 Å². The first-order valence-electron chi connectivity index (χ1n) is 10.8. The van der Waals surface area contributed by atoms with E-state index in [4.69, 9.17) is 9.47 Å². The van der Waals surface area contributed by atoms with E-state index in [0.29, 0.717) is 19.0 Å². The predicted octanol–water partition coefficient (Wildman–Crippen LogP) is 2.55. The lowest BCUT2D eigenvalue weighted by Gasteiger charge is -2.45. The number of hydrogen-bond donors (Lipinski definition) is 1. The fourth-order valence-electron chi connectivity index (χ4n) is 4.35. The lowest BCUT2D eigenvalue weighted by Crippen LogP contribution is -2.54. The number of imidazole rings is 1. The van der Waals surface area contributed by atoms with Crippen molar-refractivity contribution < 1.29 is 14.3 Å². The number of hydrogen-bond acceptors (Lipinski definition) is 5. The van der Waals surface area contributed by atoms with Gasteiger partial charge in [-0.05, 0) is 36.5 Å². The van der Waals surface area contributed by atoms with Gasteiger partial charge in [-0.25, -0.2) is 4.98 Å². The maximum atomic E-state index is 12.7. The standard InChI is InChI=1S/C23H32N4O3/c1-17(2)14-25-21(28)20-16-27-13-10-24-22(27)23(30-20)8-11-26(12-9-23)15-18-4-6-19(29-3)7-5-18/h4-7,10,13,17,20H,8-9,11-12,14-16H2,1-3H3,(H,25,28)/t20-/m0/s1. The van der Waals surface area contributed by atoms with E-state index in [2.05, 4.69) is 45.7 Å². The van der Waals surface area contributed by atoms with Crippen LogP contribution in [0, 0.1) is 5.92 Å². The molecule has 7 nitrogen and oxygen atoms in total. The second-order valence-electron chi connectivity index (χ2n) is 8.77. The molecular formula is C23H32N4O3. The second kappa shape index (κ2) is 8.78. The van der Waals surface area contributed by atoms with Gasteiger partial charge in [0.25, 0.3) is 5.91 Å². The van der Waals surface area contributed by atoms with Gasteiger partial charge in [0.2, 0.25) is 0 Å². The van der Waals surface area contributed by atoms with E-state index < -0.39 is 11.7 Å². The molecule has 1 N–H and O–H groups in total. The summed E-state index contributed by atoms with van der Waals surface area (Å²) >= 11 is 0. The molecule has 0 bridgehead atoms. The smallest absolute Gasteiger partial charge is 0.251 e. The molecule has 162 valence electrons. The van der Waals surface area contributed by atoms with E-state index in [1.807, 2.05) is 24.5 Å². The number of nitrogens with one attached hydrogen (secondary N) is 1. The number of rotatable bonds is 6. The third kappa shape index (κ3) is 4.37. The number of ether oxygens (including phenoxy) is 2. The summed E-state index contributed by atoms with van der Waals surface area (Å²) in [5.74, 6) is 2.22. The molecule has 0 radical (unpaired) electrons. The Morgan fingerprint density at radius 2 is 2.03 bits per heavy atom. The summed E-state index contributed by atoms with van der Waals surface area (Å²) in [5, 5.41) is 3.03. The maximum absolute atomic E-state index is 12.7. The Balaban J connectivity index is 1.42. The minimum Gasteiger partial charge on any atom is -0.497 e. The van der Waals surface area contributed by atoms with Crippen molar-refractivity contribution in [1.82, 2.24) is 19.8 Å². The Bertz CT molecular complexity index is 854. The fraction of sp³-hybridized carbons (Fsp3) is 0.565. The third-order valence-corrected chi connectivity index (χ3v) is 6.06. The maximum Gasteiger partial charge on any atom is 0.251 e. The molecular weight excluding hydrogens is 380 g/mol. The number of fused-ring (bicyclic) bond motifs is 2. The van der Waals surface area contributed by atoms with Gasteiger partial charge < -0.3 is 19.4 Å². The number of carbonyl (C=O) groups excluding carboxylic acids is 1. The zero-order valence-electron chi connectivity index (χ0n) is 18.1. The molecule has 30 heavy (non-hydrogen) atoms. The molecule has 3 heterocycles. The quantitative estimate of drug-likeness (QED) is 0.790. The number of piperidine rings is 1. The van der Waals surface area contributed by atoms with Gasteiger partial charge in [-0.3, -0.25) is 9.69 Å². The lowest BCUT2D eigenvalue weighted by molar-refractivity contribution is -0.174. The number of carbonyl (C=O) groups is 1. The van der Waals surface area contributed by atoms with E-state index >= 15 is 0 Å². The van der Waals surface area contributed by atoms with E-state index in [-0.39, 0.29) is 5.91 Å². The monoisotopic (exact) mass is 412 g/mol. The largest absolute Gasteiger partial charge is 0.497 e. The Hall–Kier alpha value is -2.38. The SMILES string of the molecule is COc1ccc(CN2CCC3(CC2)O[C@H](C(=O)NCC(C)C)Cn2ccnc23)cc1. The Morgan fingerprint density at radius 3 is 2.70 bits per heavy atom. The molecule has 1 fully saturated rings. The van der Waals surface area contributed by atoms with Gasteiger partial charge in [0.15, 0.2) is 6.10 Å². The number of aromatic nitrogens is 2. The van der Waals surface area contributed by atoms with Crippen molar-refractivity contribution in [2.45, 2.75) is 51.5 Å².